The van der Waals surface area contributed by atoms with E-state index in [1.54, 1.807) is 0 Å². The lowest BCUT2D eigenvalue weighted by atomic mass is 10.0. The molecule has 0 aromatic heterocycles. The lowest BCUT2D eigenvalue weighted by Crippen LogP contribution is -2.30. The Bertz CT molecular complexity index is 980. The summed E-state index contributed by atoms with van der Waals surface area (Å²) in [6.45, 7) is 6.44. The topological polar surface area (TPSA) is 78.9 Å². The van der Waals surface area contributed by atoms with Crippen LogP contribution >= 0.6 is 0 Å². The summed E-state index contributed by atoms with van der Waals surface area (Å²) < 4.78 is 16.7. The van der Waals surface area contributed by atoms with Crippen LogP contribution < -0.4 is 0 Å². The van der Waals surface area contributed by atoms with Gasteiger partial charge in [0.2, 0.25) is 0 Å². The fraction of sp³-hybridized carbons (Fsp3) is 0.776. The van der Waals surface area contributed by atoms with Gasteiger partial charge in [-0.15, -0.1) is 0 Å². The van der Waals surface area contributed by atoms with E-state index in [0.29, 0.717) is 19.3 Å². The van der Waals surface area contributed by atoms with Crippen LogP contribution in [0.15, 0.2) is 48.6 Å². The molecule has 0 bridgehead atoms. The van der Waals surface area contributed by atoms with E-state index in [1.807, 2.05) is 0 Å². The quantitative estimate of drug-likeness (QED) is 0.0267. The zero-order valence-corrected chi connectivity index (χ0v) is 36.2. The molecule has 0 saturated carbocycles. The van der Waals surface area contributed by atoms with Gasteiger partial charge in [-0.05, 0) is 70.6 Å². The third kappa shape index (κ3) is 42.4. The first-order valence-electron chi connectivity index (χ1n) is 23.1. The minimum atomic E-state index is -0.781. The molecule has 55 heavy (non-hydrogen) atoms. The van der Waals surface area contributed by atoms with E-state index in [-0.39, 0.29) is 31.1 Å². The summed E-state index contributed by atoms with van der Waals surface area (Å²) in [4.78, 5) is 37.7. The Kier molecular flexibility index (Phi) is 42.0. The number of carbonyl (C=O) groups is 3. The van der Waals surface area contributed by atoms with Gasteiger partial charge in [-0.25, -0.2) is 0 Å². The molecular weight excluding hydrogens is 685 g/mol. The van der Waals surface area contributed by atoms with Crippen molar-refractivity contribution in [3.8, 4) is 0 Å². The van der Waals surface area contributed by atoms with Gasteiger partial charge in [0.05, 0.1) is 0 Å². The van der Waals surface area contributed by atoms with Gasteiger partial charge in [-0.3, -0.25) is 14.4 Å². The van der Waals surface area contributed by atoms with Crippen LogP contribution in [0.3, 0.4) is 0 Å². The predicted octanol–water partition coefficient (Wildman–Crippen LogP) is 14.8. The van der Waals surface area contributed by atoms with Gasteiger partial charge in [-0.2, -0.15) is 0 Å². The fourth-order valence-electron chi connectivity index (χ4n) is 6.32. The number of unbranched alkanes of at least 4 members (excludes halogenated alkanes) is 22. The van der Waals surface area contributed by atoms with Crippen molar-refractivity contribution in [1.82, 2.24) is 0 Å². The Labute approximate surface area is 339 Å². The van der Waals surface area contributed by atoms with Crippen molar-refractivity contribution in [1.29, 1.82) is 0 Å². The van der Waals surface area contributed by atoms with Crippen molar-refractivity contribution in [2.45, 2.75) is 232 Å². The Morgan fingerprint density at radius 2 is 0.727 bits per heavy atom. The van der Waals surface area contributed by atoms with Crippen LogP contribution in [-0.4, -0.2) is 37.2 Å². The van der Waals surface area contributed by atoms with Crippen LogP contribution in [0.25, 0.3) is 0 Å². The fourth-order valence-corrected chi connectivity index (χ4v) is 6.32. The molecular formula is C49H86O6. The summed E-state index contributed by atoms with van der Waals surface area (Å²) in [7, 11) is 0. The van der Waals surface area contributed by atoms with Gasteiger partial charge in [0.25, 0.3) is 0 Å². The summed E-state index contributed by atoms with van der Waals surface area (Å²) in [6, 6.07) is 0. The van der Waals surface area contributed by atoms with Crippen LogP contribution in [0.5, 0.6) is 0 Å². The maximum Gasteiger partial charge on any atom is 0.306 e. The number of rotatable bonds is 41. The molecule has 1 unspecified atom stereocenters. The molecule has 0 N–H and O–H groups in total. The van der Waals surface area contributed by atoms with Crippen molar-refractivity contribution >= 4 is 17.9 Å². The first kappa shape index (κ1) is 52.4. The van der Waals surface area contributed by atoms with Gasteiger partial charge in [-0.1, -0.05) is 185 Å². The molecule has 0 saturated heterocycles. The van der Waals surface area contributed by atoms with E-state index in [0.717, 1.165) is 109 Å². The smallest absolute Gasteiger partial charge is 0.306 e. The van der Waals surface area contributed by atoms with E-state index in [2.05, 4.69) is 69.4 Å². The van der Waals surface area contributed by atoms with Crippen LogP contribution in [0.4, 0.5) is 0 Å². The summed E-state index contributed by atoms with van der Waals surface area (Å²) in [5.74, 6) is -0.919. The molecule has 0 spiro atoms. The first-order valence-corrected chi connectivity index (χ1v) is 23.1. The molecule has 0 fully saturated rings. The largest absolute Gasteiger partial charge is 0.462 e. The molecule has 0 amide bonds. The Balaban J connectivity index is 4.40. The molecule has 0 aliphatic carbocycles. The molecule has 0 aromatic rings. The normalized spacial score (nSPS) is 12.4. The predicted molar refractivity (Wildman–Crippen MR) is 233 cm³/mol. The molecule has 6 nitrogen and oxygen atoms in total. The van der Waals surface area contributed by atoms with E-state index >= 15 is 0 Å². The van der Waals surface area contributed by atoms with Crippen molar-refractivity contribution in [2.24, 2.45) is 0 Å². The maximum absolute atomic E-state index is 12.7. The van der Waals surface area contributed by atoms with Gasteiger partial charge >= 0.3 is 17.9 Å². The summed E-state index contributed by atoms with van der Waals surface area (Å²) >= 11 is 0. The number of esters is 3. The first-order chi connectivity index (χ1) is 27.0. The van der Waals surface area contributed by atoms with E-state index in [9.17, 15) is 14.4 Å². The van der Waals surface area contributed by atoms with Crippen molar-refractivity contribution < 1.29 is 28.6 Å². The van der Waals surface area contributed by atoms with Crippen molar-refractivity contribution in [3.63, 3.8) is 0 Å². The number of ether oxygens (including phenoxy) is 3. The number of carbonyl (C=O) groups excluding carboxylic acids is 3. The molecule has 0 radical (unpaired) electrons. The van der Waals surface area contributed by atoms with Crippen LogP contribution in [0.1, 0.15) is 226 Å². The highest BCUT2D eigenvalue weighted by Gasteiger charge is 2.19. The van der Waals surface area contributed by atoms with Gasteiger partial charge in [0.1, 0.15) is 13.2 Å². The van der Waals surface area contributed by atoms with Gasteiger partial charge in [0.15, 0.2) is 6.10 Å². The van der Waals surface area contributed by atoms with Crippen LogP contribution in [0, 0.1) is 0 Å². The second-order valence-electron chi connectivity index (χ2n) is 15.3. The highest BCUT2D eigenvalue weighted by Crippen LogP contribution is 2.14. The highest BCUT2D eigenvalue weighted by atomic mass is 16.6. The van der Waals surface area contributed by atoms with E-state index < -0.39 is 6.10 Å². The Hall–Kier alpha value is -2.63. The second kappa shape index (κ2) is 44.1. The SMILES string of the molecule is CC/C=C\C/C=C\C/C=C\CCCCCCC(=O)OCC(COC(=O)CCCCCC/C=C\CCCC)OC(=O)CCCCCCCCCCCCCCC. The van der Waals surface area contributed by atoms with Crippen molar-refractivity contribution in [2.75, 3.05) is 13.2 Å². The average Bonchev–Trinajstić information content (AvgIpc) is 3.18. The van der Waals surface area contributed by atoms with Gasteiger partial charge < -0.3 is 14.2 Å². The average molecular weight is 771 g/mol. The van der Waals surface area contributed by atoms with Crippen molar-refractivity contribution in [3.05, 3.63) is 48.6 Å². The van der Waals surface area contributed by atoms with E-state index in [4.69, 9.17) is 14.2 Å². The van der Waals surface area contributed by atoms with E-state index in [1.165, 1.54) is 77.0 Å². The highest BCUT2D eigenvalue weighted by molar-refractivity contribution is 5.71. The number of hydrogen-bond acceptors (Lipinski definition) is 6. The van der Waals surface area contributed by atoms with Crippen LogP contribution in [-0.2, 0) is 28.6 Å². The molecule has 318 valence electrons. The zero-order chi connectivity index (χ0) is 40.1. The minimum absolute atomic E-state index is 0.0851. The molecule has 0 aliphatic rings. The summed E-state index contributed by atoms with van der Waals surface area (Å²) in [5.41, 5.74) is 0. The summed E-state index contributed by atoms with van der Waals surface area (Å²) in [5, 5.41) is 0. The second-order valence-corrected chi connectivity index (χ2v) is 15.3. The van der Waals surface area contributed by atoms with Crippen LogP contribution in [0.2, 0.25) is 0 Å². The molecule has 0 aromatic carbocycles. The molecule has 6 heteroatoms. The standard InChI is InChI=1S/C49H86O6/c1-4-7-10-13-16-19-22-24-26-27-30-33-36-39-42-48(51)54-45-46(44-53-47(50)41-38-35-32-29-21-18-15-12-9-6-3)55-49(52)43-40-37-34-31-28-25-23-20-17-14-11-8-5-2/h7,10,15-16,18-19,24,26,46H,4-6,8-9,11-14,17,20-23,25,27-45H2,1-3H3/b10-7-,18-15-,19-16-,26-24-. The molecule has 1 atom stereocenters. The summed E-state index contributed by atoms with van der Waals surface area (Å²) in [6.07, 6.45) is 50.9. The molecule has 0 rings (SSSR count). The minimum Gasteiger partial charge on any atom is -0.462 e. The Morgan fingerprint density at radius 1 is 0.382 bits per heavy atom. The maximum atomic E-state index is 12.7. The third-order valence-corrected chi connectivity index (χ3v) is 9.82. The molecule has 0 aliphatic heterocycles. The third-order valence-electron chi connectivity index (χ3n) is 9.82. The Morgan fingerprint density at radius 3 is 1.18 bits per heavy atom. The zero-order valence-electron chi connectivity index (χ0n) is 36.2. The lowest BCUT2D eigenvalue weighted by molar-refractivity contribution is -0.167. The lowest BCUT2D eigenvalue weighted by Gasteiger charge is -2.18. The monoisotopic (exact) mass is 771 g/mol. The molecule has 0 heterocycles. The van der Waals surface area contributed by atoms with Gasteiger partial charge in [0, 0.05) is 19.3 Å². The number of hydrogen-bond donors (Lipinski definition) is 0. The number of allylic oxidation sites excluding steroid dienone is 8.